The molecule has 0 spiro atoms. The van der Waals surface area contributed by atoms with E-state index in [2.05, 4.69) is 27.5 Å². The number of carbonyl (C=O) groups excluding carboxylic acids is 2. The van der Waals surface area contributed by atoms with E-state index in [0.29, 0.717) is 11.3 Å². The van der Waals surface area contributed by atoms with E-state index in [4.69, 9.17) is 11.6 Å². The zero-order valence-corrected chi connectivity index (χ0v) is 20.6. The highest BCUT2D eigenvalue weighted by Crippen LogP contribution is 2.33. The van der Waals surface area contributed by atoms with Gasteiger partial charge in [0, 0.05) is 47.7 Å². The average Bonchev–Trinajstić information content (AvgIpc) is 3.06. The summed E-state index contributed by atoms with van der Waals surface area (Å²) in [5.41, 5.74) is 3.19. The summed E-state index contributed by atoms with van der Waals surface area (Å²) in [6.45, 7) is 5.91. The minimum Gasteiger partial charge on any atom is -0.506 e. The number of aryl methyl sites for hydroxylation is 1. The summed E-state index contributed by atoms with van der Waals surface area (Å²) in [7, 11) is 2.12. The minimum absolute atomic E-state index is 0.00337. The number of likely N-dealkylation sites (N-methyl/N-ethyl adjacent to an activating group) is 1. The number of benzene rings is 3. The molecule has 0 saturated carbocycles. The molecule has 1 aliphatic rings. The molecule has 0 aliphatic carbocycles. The van der Waals surface area contributed by atoms with E-state index in [1.165, 1.54) is 12.1 Å². The van der Waals surface area contributed by atoms with Gasteiger partial charge in [0.1, 0.15) is 5.75 Å². The van der Waals surface area contributed by atoms with Gasteiger partial charge >= 0.3 is 0 Å². The number of phenols is 1. The quantitative estimate of drug-likeness (QED) is 0.436. The Kier molecular flexibility index (Phi) is 7.58. The average molecular weight is 493 g/mol. The number of halogens is 1. The lowest BCUT2D eigenvalue weighted by molar-refractivity contribution is 0.102. The van der Waals surface area contributed by atoms with Crippen molar-refractivity contribution in [2.24, 2.45) is 0 Å². The largest absolute Gasteiger partial charge is 0.506 e. The molecule has 4 rings (SSSR count). The van der Waals surface area contributed by atoms with Crippen LogP contribution in [-0.4, -0.2) is 55.0 Å². The molecule has 2 amide bonds. The van der Waals surface area contributed by atoms with Crippen LogP contribution in [0.15, 0.2) is 60.7 Å². The van der Waals surface area contributed by atoms with Crippen molar-refractivity contribution in [3.63, 3.8) is 0 Å². The number of hydrogen-bond donors (Lipinski definition) is 3. The highest BCUT2D eigenvalue weighted by molar-refractivity contribution is 6.31. The molecule has 0 bridgehead atoms. The van der Waals surface area contributed by atoms with Crippen LogP contribution < -0.4 is 15.5 Å². The van der Waals surface area contributed by atoms with Gasteiger partial charge in [-0.15, -0.1) is 0 Å². The fourth-order valence-corrected chi connectivity index (χ4v) is 4.26. The van der Waals surface area contributed by atoms with E-state index in [9.17, 15) is 14.7 Å². The van der Waals surface area contributed by atoms with E-state index in [1.54, 1.807) is 24.3 Å². The number of amides is 2. The number of phenolic OH excluding ortho intramolecular Hbond substituents is 1. The number of nitrogens with one attached hydrogen (secondary N) is 2. The molecule has 7 nitrogen and oxygen atoms in total. The van der Waals surface area contributed by atoms with E-state index in [-0.39, 0.29) is 22.0 Å². The Morgan fingerprint density at radius 3 is 2.31 bits per heavy atom. The van der Waals surface area contributed by atoms with Crippen LogP contribution in [0.4, 0.5) is 17.1 Å². The fraction of sp³-hybridized carbons (Fsp3) is 0.259. The highest BCUT2D eigenvalue weighted by atomic mass is 35.5. The molecule has 182 valence electrons. The molecule has 3 aromatic carbocycles. The van der Waals surface area contributed by atoms with Gasteiger partial charge in [-0.05, 0) is 69.4 Å². The molecular formula is C27H29ClN4O3. The molecule has 35 heavy (non-hydrogen) atoms. The van der Waals surface area contributed by atoms with Crippen LogP contribution in [0.2, 0.25) is 5.02 Å². The molecule has 3 N–H and O–H groups in total. The summed E-state index contributed by atoms with van der Waals surface area (Å²) in [4.78, 5) is 30.6. The van der Waals surface area contributed by atoms with Gasteiger partial charge in [0.15, 0.2) is 0 Å². The summed E-state index contributed by atoms with van der Waals surface area (Å²) in [6, 6.07) is 17.4. The lowest BCUT2D eigenvalue weighted by Gasteiger charge is -2.23. The van der Waals surface area contributed by atoms with Gasteiger partial charge in [0.2, 0.25) is 0 Å². The molecule has 0 aromatic heterocycles. The topological polar surface area (TPSA) is 84.9 Å². The van der Waals surface area contributed by atoms with E-state index >= 15 is 0 Å². The van der Waals surface area contributed by atoms with Crippen LogP contribution in [0, 0.1) is 6.92 Å². The van der Waals surface area contributed by atoms with Crippen molar-refractivity contribution >= 4 is 40.5 Å². The van der Waals surface area contributed by atoms with Crippen LogP contribution in [0.1, 0.15) is 32.7 Å². The third-order valence-corrected chi connectivity index (χ3v) is 6.31. The monoisotopic (exact) mass is 492 g/mol. The predicted molar refractivity (Wildman–Crippen MR) is 141 cm³/mol. The Bertz CT molecular complexity index is 1210. The maximum Gasteiger partial charge on any atom is 0.257 e. The zero-order valence-electron chi connectivity index (χ0n) is 19.8. The Morgan fingerprint density at radius 1 is 0.886 bits per heavy atom. The number of nitrogens with zero attached hydrogens (tertiary/aromatic N) is 2. The summed E-state index contributed by atoms with van der Waals surface area (Å²) in [5, 5.41) is 16.1. The van der Waals surface area contributed by atoms with E-state index < -0.39 is 11.8 Å². The second-order valence-electron chi connectivity index (χ2n) is 8.81. The van der Waals surface area contributed by atoms with Gasteiger partial charge in [-0.3, -0.25) is 9.59 Å². The van der Waals surface area contributed by atoms with Crippen LogP contribution in [0.25, 0.3) is 0 Å². The van der Waals surface area contributed by atoms with Gasteiger partial charge in [-0.2, -0.15) is 0 Å². The predicted octanol–water partition coefficient (Wildman–Crippen LogP) is 5.00. The molecular weight excluding hydrogens is 464 g/mol. The fourth-order valence-electron chi connectivity index (χ4n) is 4.05. The summed E-state index contributed by atoms with van der Waals surface area (Å²) < 4.78 is 0. The lowest BCUT2D eigenvalue weighted by Crippen LogP contribution is -2.28. The first-order valence-corrected chi connectivity index (χ1v) is 11.9. The van der Waals surface area contributed by atoms with Crippen LogP contribution in [0.5, 0.6) is 5.75 Å². The summed E-state index contributed by atoms with van der Waals surface area (Å²) in [5.74, 6) is -1.22. The Hall–Kier alpha value is -3.55. The third-order valence-electron chi connectivity index (χ3n) is 6.09. The SMILES string of the molecule is Cc1ccc(NC(=O)c2cc(Cl)cc(O)c2NC(=O)c2ccc(N3CCCN(C)CC3)cc2)cc1. The smallest absolute Gasteiger partial charge is 0.257 e. The van der Waals surface area contributed by atoms with E-state index in [0.717, 1.165) is 43.9 Å². The van der Waals surface area contributed by atoms with Crippen molar-refractivity contribution < 1.29 is 14.7 Å². The first-order valence-electron chi connectivity index (χ1n) is 11.6. The Labute approximate surface area is 210 Å². The molecule has 0 unspecified atom stereocenters. The number of rotatable bonds is 5. The molecule has 1 heterocycles. The molecule has 1 saturated heterocycles. The number of hydrogen-bond acceptors (Lipinski definition) is 5. The van der Waals surface area contributed by atoms with Gasteiger partial charge in [0.05, 0.1) is 11.3 Å². The minimum atomic E-state index is -0.497. The summed E-state index contributed by atoms with van der Waals surface area (Å²) >= 11 is 6.09. The van der Waals surface area contributed by atoms with Crippen molar-refractivity contribution in [2.75, 3.05) is 48.8 Å². The van der Waals surface area contributed by atoms with Crippen LogP contribution >= 0.6 is 11.6 Å². The maximum atomic E-state index is 13.0. The van der Waals surface area contributed by atoms with Crippen molar-refractivity contribution in [1.29, 1.82) is 0 Å². The molecule has 8 heteroatoms. The van der Waals surface area contributed by atoms with Gasteiger partial charge in [0.25, 0.3) is 11.8 Å². The van der Waals surface area contributed by atoms with Gasteiger partial charge < -0.3 is 25.5 Å². The van der Waals surface area contributed by atoms with Crippen molar-refractivity contribution in [1.82, 2.24) is 4.90 Å². The molecule has 1 aliphatic heterocycles. The van der Waals surface area contributed by atoms with Crippen molar-refractivity contribution in [3.8, 4) is 5.75 Å². The van der Waals surface area contributed by atoms with E-state index in [1.807, 2.05) is 31.2 Å². The first kappa shape index (κ1) is 24.6. The van der Waals surface area contributed by atoms with Crippen LogP contribution in [0.3, 0.4) is 0 Å². The number of carbonyl (C=O) groups is 2. The van der Waals surface area contributed by atoms with Crippen molar-refractivity contribution in [2.45, 2.75) is 13.3 Å². The second-order valence-corrected chi connectivity index (χ2v) is 9.25. The van der Waals surface area contributed by atoms with Gasteiger partial charge in [-0.25, -0.2) is 0 Å². The molecule has 0 atom stereocenters. The first-order chi connectivity index (χ1) is 16.8. The lowest BCUT2D eigenvalue weighted by atomic mass is 10.1. The standard InChI is InChI=1S/C27H29ClN4O3/c1-18-4-8-21(9-5-18)29-27(35)23-16-20(28)17-24(33)25(23)30-26(34)19-6-10-22(11-7-19)32-13-3-12-31(2)14-15-32/h4-11,16-17,33H,3,12-15H2,1-2H3,(H,29,35)(H,30,34). The van der Waals surface area contributed by atoms with Gasteiger partial charge in [-0.1, -0.05) is 29.3 Å². The maximum absolute atomic E-state index is 13.0. The third kappa shape index (κ3) is 6.12. The summed E-state index contributed by atoms with van der Waals surface area (Å²) in [6.07, 6.45) is 1.09. The number of aromatic hydroxyl groups is 1. The normalized spacial score (nSPS) is 14.3. The molecule has 1 fully saturated rings. The Balaban J connectivity index is 1.51. The highest BCUT2D eigenvalue weighted by Gasteiger charge is 2.20. The second kappa shape index (κ2) is 10.8. The van der Waals surface area contributed by atoms with Crippen LogP contribution in [-0.2, 0) is 0 Å². The van der Waals surface area contributed by atoms with Crippen molar-refractivity contribution in [3.05, 3.63) is 82.4 Å². The molecule has 3 aromatic rings. The Morgan fingerprint density at radius 2 is 1.60 bits per heavy atom. The number of anilines is 3. The molecule has 0 radical (unpaired) electrons. The zero-order chi connectivity index (χ0) is 24.9.